The average molecular weight is 325 g/mol. The summed E-state index contributed by atoms with van der Waals surface area (Å²) < 4.78 is 22.7. The van der Waals surface area contributed by atoms with E-state index in [9.17, 15) is 8.42 Å². The molecule has 1 aromatic carbocycles. The van der Waals surface area contributed by atoms with E-state index in [1.807, 2.05) is 30.3 Å². The Hall–Kier alpha value is -1.31. The summed E-state index contributed by atoms with van der Waals surface area (Å²) in [6.45, 7) is 2.96. The standard InChI is InChI=1S/C14H19N3O2S2/c1-3-9-15-13(11-7-5-4-6-8-11)14-17-16-12(20-14)10-21(2,18)19/h4-8,13,15H,3,9-10H2,1-2H3. The highest BCUT2D eigenvalue weighted by atomic mass is 32.2. The number of hydrogen-bond donors (Lipinski definition) is 1. The van der Waals surface area contributed by atoms with Gasteiger partial charge in [-0.1, -0.05) is 48.6 Å². The first-order valence-corrected chi connectivity index (χ1v) is 9.65. The van der Waals surface area contributed by atoms with Crippen LogP contribution in [0.3, 0.4) is 0 Å². The summed E-state index contributed by atoms with van der Waals surface area (Å²) in [6.07, 6.45) is 2.22. The normalized spacial score (nSPS) is 13.2. The van der Waals surface area contributed by atoms with Crippen LogP contribution in [-0.4, -0.2) is 31.4 Å². The number of hydrogen-bond acceptors (Lipinski definition) is 6. The van der Waals surface area contributed by atoms with Gasteiger partial charge in [-0.3, -0.25) is 0 Å². The van der Waals surface area contributed by atoms with Crippen molar-refractivity contribution < 1.29 is 8.42 Å². The smallest absolute Gasteiger partial charge is 0.154 e. The van der Waals surface area contributed by atoms with E-state index < -0.39 is 9.84 Å². The Morgan fingerprint density at radius 3 is 2.57 bits per heavy atom. The Morgan fingerprint density at radius 2 is 1.95 bits per heavy atom. The summed E-state index contributed by atoms with van der Waals surface area (Å²) in [7, 11) is -3.08. The third-order valence-electron chi connectivity index (χ3n) is 2.85. The number of sulfone groups is 1. The summed E-state index contributed by atoms with van der Waals surface area (Å²) in [5.74, 6) is -0.0556. The summed E-state index contributed by atoms with van der Waals surface area (Å²) in [4.78, 5) is 0. The van der Waals surface area contributed by atoms with Crippen molar-refractivity contribution >= 4 is 21.2 Å². The van der Waals surface area contributed by atoms with Crippen LogP contribution in [0.15, 0.2) is 30.3 Å². The first-order valence-electron chi connectivity index (χ1n) is 6.78. The summed E-state index contributed by atoms with van der Waals surface area (Å²) in [5.41, 5.74) is 1.10. The molecule has 0 spiro atoms. The van der Waals surface area contributed by atoms with E-state index >= 15 is 0 Å². The van der Waals surface area contributed by atoms with Crippen molar-refractivity contribution in [2.45, 2.75) is 25.1 Å². The average Bonchev–Trinajstić information content (AvgIpc) is 2.86. The molecule has 21 heavy (non-hydrogen) atoms. The van der Waals surface area contributed by atoms with Crippen LogP contribution in [0.25, 0.3) is 0 Å². The molecule has 2 rings (SSSR count). The van der Waals surface area contributed by atoms with Gasteiger partial charge in [0.25, 0.3) is 0 Å². The Balaban J connectivity index is 2.25. The molecule has 1 unspecified atom stereocenters. The van der Waals surface area contributed by atoms with Crippen LogP contribution in [0.2, 0.25) is 0 Å². The third-order valence-corrected chi connectivity index (χ3v) is 4.82. The van der Waals surface area contributed by atoms with E-state index in [0.29, 0.717) is 5.01 Å². The molecular formula is C14H19N3O2S2. The number of nitrogens with one attached hydrogen (secondary N) is 1. The number of rotatable bonds is 7. The van der Waals surface area contributed by atoms with Gasteiger partial charge >= 0.3 is 0 Å². The van der Waals surface area contributed by atoms with Crippen molar-refractivity contribution in [3.05, 3.63) is 45.9 Å². The second-order valence-electron chi connectivity index (χ2n) is 4.90. The molecule has 0 aliphatic heterocycles. The van der Waals surface area contributed by atoms with Gasteiger partial charge in [-0.25, -0.2) is 8.42 Å². The van der Waals surface area contributed by atoms with E-state index in [2.05, 4.69) is 22.4 Å². The van der Waals surface area contributed by atoms with Crippen LogP contribution < -0.4 is 5.32 Å². The fourth-order valence-electron chi connectivity index (χ4n) is 1.95. The molecule has 0 saturated carbocycles. The number of benzene rings is 1. The quantitative estimate of drug-likeness (QED) is 0.845. The minimum absolute atomic E-state index is 0.0445. The van der Waals surface area contributed by atoms with Crippen molar-refractivity contribution in [3.8, 4) is 0 Å². The monoisotopic (exact) mass is 325 g/mol. The molecule has 114 valence electrons. The zero-order chi connectivity index (χ0) is 15.3. The van der Waals surface area contributed by atoms with Crippen molar-refractivity contribution in [2.75, 3.05) is 12.8 Å². The summed E-state index contributed by atoms with van der Waals surface area (Å²) in [5, 5.41) is 12.9. The molecule has 0 bridgehead atoms. The van der Waals surface area contributed by atoms with Gasteiger partial charge < -0.3 is 5.32 Å². The SMILES string of the molecule is CCCNC(c1ccccc1)c1nnc(CS(C)(=O)=O)s1. The molecule has 0 aliphatic rings. The van der Waals surface area contributed by atoms with E-state index in [1.165, 1.54) is 17.6 Å². The zero-order valence-corrected chi connectivity index (χ0v) is 13.7. The van der Waals surface area contributed by atoms with Gasteiger partial charge in [0.1, 0.15) is 15.8 Å². The van der Waals surface area contributed by atoms with Gasteiger partial charge in [0.05, 0.1) is 6.04 Å². The van der Waals surface area contributed by atoms with Crippen LogP contribution >= 0.6 is 11.3 Å². The number of nitrogens with zero attached hydrogens (tertiary/aromatic N) is 2. The molecule has 1 aromatic heterocycles. The van der Waals surface area contributed by atoms with Gasteiger partial charge in [-0.2, -0.15) is 0 Å². The lowest BCUT2D eigenvalue weighted by molar-refractivity contribution is 0.591. The highest BCUT2D eigenvalue weighted by Gasteiger charge is 2.19. The first kappa shape index (κ1) is 16.1. The topological polar surface area (TPSA) is 72.0 Å². The van der Waals surface area contributed by atoms with E-state index in [-0.39, 0.29) is 11.8 Å². The molecule has 0 saturated heterocycles. The fraction of sp³-hybridized carbons (Fsp3) is 0.429. The molecule has 0 amide bonds. The van der Waals surface area contributed by atoms with Crippen molar-refractivity contribution in [2.24, 2.45) is 0 Å². The Kier molecular flexibility index (Phi) is 5.44. The molecule has 1 heterocycles. The van der Waals surface area contributed by atoms with E-state index in [0.717, 1.165) is 23.5 Å². The maximum atomic E-state index is 11.3. The zero-order valence-electron chi connectivity index (χ0n) is 12.1. The van der Waals surface area contributed by atoms with Crippen LogP contribution in [0.5, 0.6) is 0 Å². The molecule has 0 aliphatic carbocycles. The Bertz CT molecular complexity index is 669. The third kappa shape index (κ3) is 4.87. The molecule has 1 atom stereocenters. The van der Waals surface area contributed by atoms with E-state index in [4.69, 9.17) is 0 Å². The van der Waals surface area contributed by atoms with Crippen LogP contribution in [0.1, 0.15) is 35.0 Å². The lowest BCUT2D eigenvalue weighted by atomic mass is 10.1. The van der Waals surface area contributed by atoms with Gasteiger partial charge in [0, 0.05) is 6.26 Å². The summed E-state index contributed by atoms with van der Waals surface area (Å²) >= 11 is 1.35. The highest BCUT2D eigenvalue weighted by molar-refractivity contribution is 7.90. The van der Waals surface area contributed by atoms with Crippen molar-refractivity contribution in [3.63, 3.8) is 0 Å². The lowest BCUT2D eigenvalue weighted by Crippen LogP contribution is -2.23. The largest absolute Gasteiger partial charge is 0.304 e. The molecule has 0 radical (unpaired) electrons. The van der Waals surface area contributed by atoms with Gasteiger partial charge in [0.15, 0.2) is 9.84 Å². The molecule has 7 heteroatoms. The predicted molar refractivity (Wildman–Crippen MR) is 85.0 cm³/mol. The van der Waals surface area contributed by atoms with Gasteiger partial charge in [-0.05, 0) is 18.5 Å². The minimum atomic E-state index is -3.08. The summed E-state index contributed by atoms with van der Waals surface area (Å²) in [6, 6.07) is 9.95. The maximum absolute atomic E-state index is 11.3. The highest BCUT2D eigenvalue weighted by Crippen LogP contribution is 2.25. The second-order valence-corrected chi connectivity index (χ2v) is 8.14. The lowest BCUT2D eigenvalue weighted by Gasteiger charge is -2.15. The first-order chi connectivity index (χ1) is 9.99. The molecule has 5 nitrogen and oxygen atoms in total. The van der Waals surface area contributed by atoms with Gasteiger partial charge in [0.2, 0.25) is 0 Å². The molecule has 0 fully saturated rings. The van der Waals surface area contributed by atoms with Crippen molar-refractivity contribution in [1.29, 1.82) is 0 Å². The van der Waals surface area contributed by atoms with Crippen molar-refractivity contribution in [1.82, 2.24) is 15.5 Å². The maximum Gasteiger partial charge on any atom is 0.154 e. The van der Waals surface area contributed by atoms with Crippen LogP contribution in [0, 0.1) is 0 Å². The second kappa shape index (κ2) is 7.11. The molecule has 2 aromatic rings. The van der Waals surface area contributed by atoms with Crippen LogP contribution in [0.4, 0.5) is 0 Å². The van der Waals surface area contributed by atoms with E-state index in [1.54, 1.807) is 0 Å². The van der Waals surface area contributed by atoms with Gasteiger partial charge in [-0.15, -0.1) is 10.2 Å². The Morgan fingerprint density at radius 1 is 1.24 bits per heavy atom. The number of aromatic nitrogens is 2. The predicted octanol–water partition coefficient (Wildman–Crippen LogP) is 2.17. The molecule has 1 N–H and O–H groups in total. The van der Waals surface area contributed by atoms with Crippen LogP contribution in [-0.2, 0) is 15.6 Å². The fourth-order valence-corrected chi connectivity index (χ4v) is 4.07. The minimum Gasteiger partial charge on any atom is -0.304 e. The molecular weight excluding hydrogens is 306 g/mol. The Labute approximate surface area is 129 Å².